The molecule has 2 rings (SSSR count). The van der Waals surface area contributed by atoms with E-state index in [2.05, 4.69) is 15.9 Å². The second kappa shape index (κ2) is 7.56. The summed E-state index contributed by atoms with van der Waals surface area (Å²) in [5.41, 5.74) is 1.06. The lowest BCUT2D eigenvalue weighted by molar-refractivity contribution is 0.0728. The van der Waals surface area contributed by atoms with Gasteiger partial charge in [0.2, 0.25) is 0 Å². The molecule has 23 heavy (non-hydrogen) atoms. The number of halogens is 3. The van der Waals surface area contributed by atoms with Gasteiger partial charge in [-0.05, 0) is 56.7 Å². The van der Waals surface area contributed by atoms with Gasteiger partial charge >= 0.3 is 5.97 Å². The Morgan fingerprint density at radius 2 is 1.74 bits per heavy atom. The summed E-state index contributed by atoms with van der Waals surface area (Å²) >= 11 is 15.5. The number of benzene rings is 2. The second-order valence-electron chi connectivity index (χ2n) is 5.21. The molecule has 0 spiro atoms. The van der Waals surface area contributed by atoms with Crippen molar-refractivity contribution in [3.05, 3.63) is 56.0 Å². The average molecular weight is 418 g/mol. The maximum absolute atomic E-state index is 12.5. The molecule has 0 atom stereocenters. The number of ether oxygens (including phenoxy) is 2. The second-order valence-corrected chi connectivity index (χ2v) is 6.94. The highest BCUT2D eigenvalue weighted by Gasteiger charge is 2.17. The summed E-state index contributed by atoms with van der Waals surface area (Å²) in [5.74, 6) is 0.196. The fraction of sp³-hybridized carbons (Fsp3) is 0.235. The lowest BCUT2D eigenvalue weighted by atomic mass is 10.2. The Balaban J connectivity index is 2.32. The van der Waals surface area contributed by atoms with E-state index in [1.54, 1.807) is 37.3 Å². The van der Waals surface area contributed by atoms with E-state index in [-0.39, 0.29) is 11.9 Å². The summed E-state index contributed by atoms with van der Waals surface area (Å²) in [7, 11) is 0. The lowest BCUT2D eigenvalue weighted by Crippen LogP contribution is -2.14. The lowest BCUT2D eigenvalue weighted by Gasteiger charge is -2.14. The van der Waals surface area contributed by atoms with Crippen LogP contribution in [0.25, 0.3) is 0 Å². The molecule has 0 bridgehead atoms. The molecule has 0 amide bonds. The highest BCUT2D eigenvalue weighted by molar-refractivity contribution is 9.10. The zero-order valence-electron chi connectivity index (χ0n) is 12.8. The number of hydrogen-bond donors (Lipinski definition) is 0. The maximum Gasteiger partial charge on any atom is 0.347 e. The Hall–Kier alpha value is -1.23. The van der Waals surface area contributed by atoms with Crippen LogP contribution in [-0.2, 0) is 0 Å². The van der Waals surface area contributed by atoms with Crippen molar-refractivity contribution in [2.75, 3.05) is 0 Å². The summed E-state index contributed by atoms with van der Waals surface area (Å²) in [5, 5.41) is 0.876. The summed E-state index contributed by atoms with van der Waals surface area (Å²) < 4.78 is 11.8. The van der Waals surface area contributed by atoms with Gasteiger partial charge in [-0.25, -0.2) is 4.79 Å². The van der Waals surface area contributed by atoms with Gasteiger partial charge in [0.15, 0.2) is 0 Å². The Morgan fingerprint density at radius 1 is 1.13 bits per heavy atom. The summed E-state index contributed by atoms with van der Waals surface area (Å²) in [4.78, 5) is 12.5. The Morgan fingerprint density at radius 3 is 2.30 bits per heavy atom. The molecule has 0 N–H and O–H groups in total. The van der Waals surface area contributed by atoms with Gasteiger partial charge < -0.3 is 9.47 Å². The number of hydrogen-bond acceptors (Lipinski definition) is 3. The van der Waals surface area contributed by atoms with E-state index >= 15 is 0 Å². The summed E-state index contributed by atoms with van der Waals surface area (Å²) in [6.45, 7) is 5.56. The minimum Gasteiger partial charge on any atom is -0.490 e. The number of esters is 1. The monoisotopic (exact) mass is 416 g/mol. The molecule has 6 heteroatoms. The van der Waals surface area contributed by atoms with Gasteiger partial charge in [0, 0.05) is 14.5 Å². The molecule has 0 radical (unpaired) electrons. The van der Waals surface area contributed by atoms with Crippen LogP contribution in [-0.4, -0.2) is 12.1 Å². The van der Waals surface area contributed by atoms with Gasteiger partial charge in [0.25, 0.3) is 0 Å². The van der Waals surface area contributed by atoms with Crippen molar-refractivity contribution >= 4 is 45.1 Å². The fourth-order valence-corrected chi connectivity index (χ4v) is 2.69. The third-order valence-electron chi connectivity index (χ3n) is 2.99. The molecule has 0 aromatic heterocycles. The predicted molar refractivity (Wildman–Crippen MR) is 96.1 cm³/mol. The minimum atomic E-state index is -0.544. The molecule has 0 unspecified atom stereocenters. The molecule has 2 aromatic rings. The van der Waals surface area contributed by atoms with Gasteiger partial charge in [-0.3, -0.25) is 0 Å². The van der Waals surface area contributed by atoms with Crippen molar-refractivity contribution in [3.63, 3.8) is 0 Å². The fourth-order valence-electron chi connectivity index (χ4n) is 1.86. The highest BCUT2D eigenvalue weighted by Crippen LogP contribution is 2.31. The standard InChI is InChI=1S/C17H15BrCl2O3/c1-9(2)22-16-5-4-11(18)6-13(16)17(21)23-12-7-14(19)10(3)15(20)8-12/h4-9H,1-3H3. The first-order chi connectivity index (χ1) is 10.8. The van der Waals surface area contributed by atoms with E-state index in [0.717, 1.165) is 10.0 Å². The molecule has 0 aliphatic carbocycles. The SMILES string of the molecule is Cc1c(Cl)cc(OC(=O)c2cc(Br)ccc2OC(C)C)cc1Cl. The molecule has 0 saturated carbocycles. The topological polar surface area (TPSA) is 35.5 Å². The van der Waals surface area contributed by atoms with E-state index in [1.165, 1.54) is 0 Å². The van der Waals surface area contributed by atoms with E-state index in [9.17, 15) is 4.79 Å². The molecule has 122 valence electrons. The van der Waals surface area contributed by atoms with E-state index < -0.39 is 5.97 Å². The molecule has 0 fully saturated rings. The number of carbonyl (C=O) groups excluding carboxylic acids is 1. The van der Waals surface area contributed by atoms with Crippen LogP contribution in [0.2, 0.25) is 10.0 Å². The Kier molecular flexibility index (Phi) is 5.95. The summed E-state index contributed by atoms with van der Waals surface area (Å²) in [6.07, 6.45) is -0.0639. The molecule has 2 aromatic carbocycles. The van der Waals surface area contributed by atoms with Gasteiger partial charge in [-0.15, -0.1) is 0 Å². The van der Waals surface area contributed by atoms with Crippen molar-refractivity contribution in [3.8, 4) is 11.5 Å². The molecular weight excluding hydrogens is 403 g/mol. The van der Waals surface area contributed by atoms with Crippen molar-refractivity contribution in [2.45, 2.75) is 26.9 Å². The largest absolute Gasteiger partial charge is 0.490 e. The van der Waals surface area contributed by atoms with Gasteiger partial charge in [-0.2, -0.15) is 0 Å². The van der Waals surface area contributed by atoms with Crippen molar-refractivity contribution in [2.24, 2.45) is 0 Å². The normalized spacial score (nSPS) is 10.7. The molecule has 0 saturated heterocycles. The van der Waals surface area contributed by atoms with E-state index in [1.807, 2.05) is 13.8 Å². The highest BCUT2D eigenvalue weighted by atomic mass is 79.9. The zero-order chi connectivity index (χ0) is 17.1. The number of rotatable bonds is 4. The van der Waals surface area contributed by atoms with Crippen molar-refractivity contribution in [1.29, 1.82) is 0 Å². The Bertz CT molecular complexity index is 722. The first kappa shape index (κ1) is 18.1. The van der Waals surface area contributed by atoms with Crippen LogP contribution in [0.4, 0.5) is 0 Å². The molecule has 3 nitrogen and oxygen atoms in total. The van der Waals surface area contributed by atoms with Crippen molar-refractivity contribution < 1.29 is 14.3 Å². The van der Waals surface area contributed by atoms with Crippen LogP contribution in [0.1, 0.15) is 29.8 Å². The van der Waals surface area contributed by atoms with Crippen LogP contribution in [0.15, 0.2) is 34.8 Å². The quantitative estimate of drug-likeness (QED) is 0.447. The molecule has 0 aliphatic heterocycles. The van der Waals surface area contributed by atoms with Crippen molar-refractivity contribution in [1.82, 2.24) is 0 Å². The minimum absolute atomic E-state index is 0.0639. The third-order valence-corrected chi connectivity index (χ3v) is 4.27. The van der Waals surface area contributed by atoms with Gasteiger partial charge in [0.1, 0.15) is 17.1 Å². The molecule has 0 heterocycles. The van der Waals surface area contributed by atoms with Crippen LogP contribution >= 0.6 is 39.1 Å². The maximum atomic E-state index is 12.5. The first-order valence-electron chi connectivity index (χ1n) is 6.92. The predicted octanol–water partition coefficient (Wildman–Crippen LogP) is 6.07. The molecular formula is C17H15BrCl2O3. The first-order valence-corrected chi connectivity index (χ1v) is 8.47. The summed E-state index contributed by atoms with van der Waals surface area (Å²) in [6, 6.07) is 8.28. The smallest absolute Gasteiger partial charge is 0.347 e. The van der Waals surface area contributed by atoms with Crippen LogP contribution in [0.3, 0.4) is 0 Å². The van der Waals surface area contributed by atoms with Crippen LogP contribution in [0, 0.1) is 6.92 Å². The Labute approximate surface area is 153 Å². The van der Waals surface area contributed by atoms with Gasteiger partial charge in [-0.1, -0.05) is 39.1 Å². The molecule has 0 aliphatic rings. The average Bonchev–Trinajstić information content (AvgIpc) is 2.46. The van der Waals surface area contributed by atoms with E-state index in [4.69, 9.17) is 32.7 Å². The van der Waals surface area contributed by atoms with Crippen LogP contribution < -0.4 is 9.47 Å². The van der Waals surface area contributed by atoms with Crippen LogP contribution in [0.5, 0.6) is 11.5 Å². The number of carbonyl (C=O) groups is 1. The third kappa shape index (κ3) is 4.63. The van der Waals surface area contributed by atoms with E-state index in [0.29, 0.717) is 21.4 Å². The van der Waals surface area contributed by atoms with Gasteiger partial charge in [0.05, 0.1) is 6.10 Å². The zero-order valence-corrected chi connectivity index (χ0v) is 15.9.